The topological polar surface area (TPSA) is 49.3 Å². The molecule has 1 aliphatic heterocycles. The first-order chi connectivity index (χ1) is 7.18. The number of rotatable bonds is 2. The van der Waals surface area contributed by atoms with Gasteiger partial charge in [-0.1, -0.05) is 0 Å². The molecule has 0 amide bonds. The maximum absolute atomic E-state index is 13.5. The van der Waals surface area contributed by atoms with Crippen LogP contribution in [0.3, 0.4) is 0 Å². The Morgan fingerprint density at radius 1 is 1.50 bits per heavy atom. The molecule has 1 fully saturated rings. The van der Waals surface area contributed by atoms with Crippen LogP contribution in [0.4, 0.5) is 4.39 Å². The largest absolute Gasteiger partial charge is 0.478 e. The summed E-state index contributed by atoms with van der Waals surface area (Å²) in [4.78, 5) is 10.7. The fraction of sp³-hybridized carbons (Fsp3) is 0.364. The molecule has 3 nitrogen and oxygen atoms in total. The second-order valence-electron chi connectivity index (χ2n) is 3.69. The molecule has 2 N–H and O–H groups in total. The van der Waals surface area contributed by atoms with Gasteiger partial charge in [-0.15, -0.1) is 12.4 Å². The van der Waals surface area contributed by atoms with Crippen molar-refractivity contribution in [3.8, 4) is 0 Å². The lowest BCUT2D eigenvalue weighted by atomic mass is 10.0. The van der Waals surface area contributed by atoms with Crippen LogP contribution in [0.25, 0.3) is 0 Å². The van der Waals surface area contributed by atoms with E-state index in [-0.39, 0.29) is 29.8 Å². The van der Waals surface area contributed by atoms with Crippen LogP contribution in [0.5, 0.6) is 0 Å². The Labute approximate surface area is 99.1 Å². The molecule has 1 aliphatic rings. The lowest BCUT2D eigenvalue weighted by Gasteiger charge is -2.12. The van der Waals surface area contributed by atoms with Crippen molar-refractivity contribution in [2.45, 2.75) is 18.9 Å². The quantitative estimate of drug-likeness (QED) is 0.841. The van der Waals surface area contributed by atoms with Gasteiger partial charge in [-0.3, -0.25) is 0 Å². The highest BCUT2D eigenvalue weighted by atomic mass is 35.5. The maximum Gasteiger partial charge on any atom is 0.335 e. The summed E-state index contributed by atoms with van der Waals surface area (Å²) in [5.74, 6) is -1.35. The molecular formula is C11H13ClFNO2. The fourth-order valence-electron chi connectivity index (χ4n) is 1.89. The molecule has 0 spiro atoms. The number of aromatic carboxylic acids is 1. The first-order valence-corrected chi connectivity index (χ1v) is 4.94. The molecular weight excluding hydrogens is 233 g/mol. The number of halogens is 2. The van der Waals surface area contributed by atoms with Crippen LogP contribution in [0.1, 0.15) is 34.8 Å². The Morgan fingerprint density at radius 3 is 2.81 bits per heavy atom. The zero-order valence-corrected chi connectivity index (χ0v) is 9.39. The number of nitrogens with one attached hydrogen (secondary N) is 1. The minimum Gasteiger partial charge on any atom is -0.478 e. The van der Waals surface area contributed by atoms with Crippen LogP contribution >= 0.6 is 12.4 Å². The maximum atomic E-state index is 13.5. The molecule has 88 valence electrons. The normalized spacial score (nSPS) is 19.2. The third-order valence-corrected chi connectivity index (χ3v) is 2.68. The summed E-state index contributed by atoms with van der Waals surface area (Å²) in [7, 11) is 0. The number of carbonyl (C=O) groups is 1. The van der Waals surface area contributed by atoms with E-state index in [4.69, 9.17) is 5.11 Å². The Morgan fingerprint density at radius 2 is 2.25 bits per heavy atom. The average Bonchev–Trinajstić information content (AvgIpc) is 2.71. The fourth-order valence-corrected chi connectivity index (χ4v) is 1.89. The van der Waals surface area contributed by atoms with Gasteiger partial charge in [-0.2, -0.15) is 0 Å². The van der Waals surface area contributed by atoms with Crippen molar-refractivity contribution < 1.29 is 14.3 Å². The van der Waals surface area contributed by atoms with Gasteiger partial charge in [-0.25, -0.2) is 9.18 Å². The average molecular weight is 246 g/mol. The van der Waals surface area contributed by atoms with Gasteiger partial charge in [0.25, 0.3) is 0 Å². The SMILES string of the molecule is Cl.O=C(O)c1ccc(F)c(C2CCCN2)c1. The monoisotopic (exact) mass is 245 g/mol. The summed E-state index contributed by atoms with van der Waals surface area (Å²) in [6.07, 6.45) is 1.86. The summed E-state index contributed by atoms with van der Waals surface area (Å²) in [6, 6.07) is 3.89. The summed E-state index contributed by atoms with van der Waals surface area (Å²) in [6.45, 7) is 0.863. The van der Waals surface area contributed by atoms with Crippen molar-refractivity contribution in [1.29, 1.82) is 0 Å². The molecule has 1 aromatic carbocycles. The minimum absolute atomic E-state index is 0. The second kappa shape index (κ2) is 5.27. The van der Waals surface area contributed by atoms with Crippen molar-refractivity contribution in [2.24, 2.45) is 0 Å². The van der Waals surface area contributed by atoms with Crippen LogP contribution in [0, 0.1) is 5.82 Å². The number of hydrogen-bond donors (Lipinski definition) is 2. The van der Waals surface area contributed by atoms with Crippen LogP contribution in [-0.4, -0.2) is 17.6 Å². The number of carboxylic acids is 1. The second-order valence-corrected chi connectivity index (χ2v) is 3.69. The smallest absolute Gasteiger partial charge is 0.335 e. The molecule has 1 atom stereocenters. The van der Waals surface area contributed by atoms with E-state index in [1.807, 2.05) is 0 Å². The van der Waals surface area contributed by atoms with Gasteiger partial charge in [0.1, 0.15) is 5.82 Å². The van der Waals surface area contributed by atoms with E-state index >= 15 is 0 Å². The summed E-state index contributed by atoms with van der Waals surface area (Å²) in [5.41, 5.74) is 0.604. The minimum atomic E-state index is -1.02. The standard InChI is InChI=1S/C11H12FNO2.ClH/c12-9-4-3-7(11(14)15)6-8(9)10-2-1-5-13-10;/h3-4,6,10,13H,1-2,5H2,(H,14,15);1H. The van der Waals surface area contributed by atoms with Crippen molar-refractivity contribution in [1.82, 2.24) is 5.32 Å². The van der Waals surface area contributed by atoms with E-state index in [0.717, 1.165) is 19.4 Å². The van der Waals surface area contributed by atoms with E-state index in [0.29, 0.717) is 5.56 Å². The predicted molar refractivity (Wildman–Crippen MR) is 60.6 cm³/mol. The highest BCUT2D eigenvalue weighted by Gasteiger charge is 2.20. The van der Waals surface area contributed by atoms with Crippen molar-refractivity contribution in [3.63, 3.8) is 0 Å². The number of hydrogen-bond acceptors (Lipinski definition) is 2. The third-order valence-electron chi connectivity index (χ3n) is 2.68. The van der Waals surface area contributed by atoms with E-state index < -0.39 is 5.97 Å². The lowest BCUT2D eigenvalue weighted by molar-refractivity contribution is 0.0696. The van der Waals surface area contributed by atoms with Crippen LogP contribution < -0.4 is 5.32 Å². The molecule has 1 unspecified atom stereocenters. The summed E-state index contributed by atoms with van der Waals surface area (Å²) in [5, 5.41) is 11.9. The van der Waals surface area contributed by atoms with Gasteiger partial charge in [0, 0.05) is 11.6 Å². The Balaban J connectivity index is 0.00000128. The Hall–Kier alpha value is -1.13. The lowest BCUT2D eigenvalue weighted by Crippen LogP contribution is -2.15. The predicted octanol–water partition coefficient (Wildman–Crippen LogP) is 2.37. The molecule has 5 heteroatoms. The van der Waals surface area contributed by atoms with Gasteiger partial charge < -0.3 is 10.4 Å². The van der Waals surface area contributed by atoms with E-state index in [2.05, 4.69) is 5.32 Å². The molecule has 0 aliphatic carbocycles. The molecule has 2 rings (SSSR count). The van der Waals surface area contributed by atoms with E-state index in [1.54, 1.807) is 0 Å². The number of carboxylic acid groups (broad SMARTS) is 1. The van der Waals surface area contributed by atoms with Crippen LogP contribution in [0.2, 0.25) is 0 Å². The highest BCUT2D eigenvalue weighted by Crippen LogP contribution is 2.26. The molecule has 1 saturated heterocycles. The van der Waals surface area contributed by atoms with Crippen LogP contribution in [-0.2, 0) is 0 Å². The summed E-state index contributed by atoms with van der Waals surface area (Å²) < 4.78 is 13.5. The zero-order chi connectivity index (χ0) is 10.8. The van der Waals surface area contributed by atoms with Gasteiger partial charge in [0.15, 0.2) is 0 Å². The molecule has 16 heavy (non-hydrogen) atoms. The van der Waals surface area contributed by atoms with Crippen LogP contribution in [0.15, 0.2) is 18.2 Å². The highest BCUT2D eigenvalue weighted by molar-refractivity contribution is 5.87. The van der Waals surface area contributed by atoms with Gasteiger partial charge in [0.05, 0.1) is 5.56 Å². The van der Waals surface area contributed by atoms with Gasteiger partial charge in [-0.05, 0) is 37.6 Å². The molecule has 0 aromatic heterocycles. The van der Waals surface area contributed by atoms with E-state index in [1.165, 1.54) is 18.2 Å². The molecule has 0 saturated carbocycles. The van der Waals surface area contributed by atoms with Crippen molar-refractivity contribution in [3.05, 3.63) is 35.1 Å². The van der Waals surface area contributed by atoms with Crippen molar-refractivity contribution in [2.75, 3.05) is 6.54 Å². The Bertz CT molecular complexity index is 392. The molecule has 1 heterocycles. The first kappa shape index (κ1) is 12.9. The third kappa shape index (κ3) is 2.51. The zero-order valence-electron chi connectivity index (χ0n) is 8.57. The van der Waals surface area contributed by atoms with Crippen molar-refractivity contribution >= 4 is 18.4 Å². The van der Waals surface area contributed by atoms with E-state index in [9.17, 15) is 9.18 Å². The number of benzene rings is 1. The van der Waals surface area contributed by atoms with Gasteiger partial charge >= 0.3 is 5.97 Å². The Kier molecular flexibility index (Phi) is 4.26. The molecule has 0 radical (unpaired) electrons. The van der Waals surface area contributed by atoms with Gasteiger partial charge in [0.2, 0.25) is 0 Å². The molecule has 0 bridgehead atoms. The summed E-state index contributed by atoms with van der Waals surface area (Å²) >= 11 is 0. The molecule has 1 aromatic rings. The first-order valence-electron chi connectivity index (χ1n) is 4.94.